The van der Waals surface area contributed by atoms with Crippen molar-refractivity contribution in [1.82, 2.24) is 5.32 Å². The quantitative estimate of drug-likeness (QED) is 0.500. The zero-order valence-electron chi connectivity index (χ0n) is 14.2. The van der Waals surface area contributed by atoms with Crippen LogP contribution in [0.3, 0.4) is 0 Å². The molecule has 0 spiro atoms. The van der Waals surface area contributed by atoms with Crippen LogP contribution >= 0.6 is 0 Å². The fourth-order valence-electron chi connectivity index (χ4n) is 2.24. The van der Waals surface area contributed by atoms with Crippen molar-refractivity contribution in [2.45, 2.75) is 73.6 Å². The Labute approximate surface area is 121 Å². The van der Waals surface area contributed by atoms with Gasteiger partial charge in [0.15, 0.2) is 0 Å². The Balaban J connectivity index is 4.16. The van der Waals surface area contributed by atoms with Crippen molar-refractivity contribution < 1.29 is 0 Å². The summed E-state index contributed by atoms with van der Waals surface area (Å²) < 4.78 is 0. The van der Waals surface area contributed by atoms with Gasteiger partial charge in [-0.3, -0.25) is 0 Å². The van der Waals surface area contributed by atoms with Gasteiger partial charge in [0, 0.05) is 12.2 Å². The molecule has 0 bridgehead atoms. The molecule has 1 heteroatoms. The first-order valence-electron chi connectivity index (χ1n) is 7.68. The maximum atomic E-state index is 4.14. The maximum Gasteiger partial charge on any atom is 0.0200 e. The molecule has 0 atom stereocenters. The van der Waals surface area contributed by atoms with Gasteiger partial charge in [-0.15, -0.1) is 6.58 Å². The average Bonchev–Trinajstić information content (AvgIpc) is 2.25. The van der Waals surface area contributed by atoms with Gasteiger partial charge in [-0.25, -0.2) is 0 Å². The van der Waals surface area contributed by atoms with Gasteiger partial charge in [0.25, 0.3) is 0 Å². The van der Waals surface area contributed by atoms with E-state index in [0.717, 1.165) is 25.8 Å². The van der Waals surface area contributed by atoms with Crippen LogP contribution in [0.2, 0.25) is 0 Å². The topological polar surface area (TPSA) is 12.0 Å². The van der Waals surface area contributed by atoms with E-state index >= 15 is 0 Å². The largest absolute Gasteiger partial charge is 0.388 e. The molecule has 0 saturated heterocycles. The Morgan fingerprint density at radius 3 is 2.05 bits per heavy atom. The standard InChI is InChI=1S/C18H35N/c1-9-13-17(5,6)18(7,8)14-19-16(4)12-10-11-15(2)3/h19H,2,4,9-14H2,1,3,5-8H3. The van der Waals surface area contributed by atoms with Crippen LogP contribution in [0.4, 0.5) is 0 Å². The Morgan fingerprint density at radius 2 is 1.58 bits per heavy atom. The molecule has 0 heterocycles. The van der Waals surface area contributed by atoms with Crippen molar-refractivity contribution in [1.29, 1.82) is 0 Å². The van der Waals surface area contributed by atoms with E-state index in [1.165, 1.54) is 24.1 Å². The summed E-state index contributed by atoms with van der Waals surface area (Å²) in [4.78, 5) is 0. The molecule has 0 saturated carbocycles. The van der Waals surface area contributed by atoms with Crippen molar-refractivity contribution in [3.8, 4) is 0 Å². The Bertz CT molecular complexity index is 297. The van der Waals surface area contributed by atoms with Crippen LogP contribution < -0.4 is 5.32 Å². The van der Waals surface area contributed by atoms with Crippen LogP contribution in [-0.4, -0.2) is 6.54 Å². The van der Waals surface area contributed by atoms with Gasteiger partial charge < -0.3 is 5.32 Å². The second-order valence-corrected chi connectivity index (χ2v) is 7.29. The normalized spacial score (nSPS) is 12.3. The molecule has 1 N–H and O–H groups in total. The Morgan fingerprint density at radius 1 is 1.00 bits per heavy atom. The van der Waals surface area contributed by atoms with Gasteiger partial charge >= 0.3 is 0 Å². The summed E-state index contributed by atoms with van der Waals surface area (Å²) in [7, 11) is 0. The summed E-state index contributed by atoms with van der Waals surface area (Å²) in [6.45, 7) is 22.9. The lowest BCUT2D eigenvalue weighted by molar-refractivity contribution is 0.0987. The van der Waals surface area contributed by atoms with E-state index in [1.807, 2.05) is 0 Å². The third-order valence-corrected chi connectivity index (χ3v) is 4.57. The molecule has 0 aromatic rings. The van der Waals surface area contributed by atoms with E-state index in [4.69, 9.17) is 0 Å². The minimum Gasteiger partial charge on any atom is -0.388 e. The lowest BCUT2D eigenvalue weighted by Crippen LogP contribution is -2.40. The van der Waals surface area contributed by atoms with Crippen molar-refractivity contribution >= 4 is 0 Å². The zero-order chi connectivity index (χ0) is 15.1. The first-order valence-corrected chi connectivity index (χ1v) is 7.68. The third-order valence-electron chi connectivity index (χ3n) is 4.57. The van der Waals surface area contributed by atoms with Crippen LogP contribution in [0.1, 0.15) is 73.6 Å². The summed E-state index contributed by atoms with van der Waals surface area (Å²) in [5.41, 5.74) is 3.06. The van der Waals surface area contributed by atoms with Crippen LogP contribution in [0.25, 0.3) is 0 Å². The summed E-state index contributed by atoms with van der Waals surface area (Å²) in [6.07, 6.45) is 5.82. The molecule has 19 heavy (non-hydrogen) atoms. The van der Waals surface area contributed by atoms with Crippen LogP contribution in [-0.2, 0) is 0 Å². The summed E-state index contributed by atoms with van der Waals surface area (Å²) >= 11 is 0. The Kier molecular flexibility index (Phi) is 7.47. The summed E-state index contributed by atoms with van der Waals surface area (Å²) in [6, 6.07) is 0. The fraction of sp³-hybridized carbons (Fsp3) is 0.778. The molecule has 0 aromatic heterocycles. The third kappa shape index (κ3) is 6.84. The monoisotopic (exact) mass is 265 g/mol. The highest BCUT2D eigenvalue weighted by molar-refractivity contribution is 4.97. The van der Waals surface area contributed by atoms with Gasteiger partial charge in [-0.05, 0) is 43.4 Å². The number of allylic oxidation sites excluding steroid dienone is 2. The number of hydrogen-bond donors (Lipinski definition) is 1. The molecular formula is C18H35N. The predicted molar refractivity (Wildman–Crippen MR) is 88.3 cm³/mol. The zero-order valence-corrected chi connectivity index (χ0v) is 14.2. The van der Waals surface area contributed by atoms with Crippen LogP contribution in [0, 0.1) is 10.8 Å². The second-order valence-electron chi connectivity index (χ2n) is 7.29. The van der Waals surface area contributed by atoms with Crippen molar-refractivity contribution in [2.75, 3.05) is 6.54 Å². The van der Waals surface area contributed by atoms with Gasteiger partial charge in [0.1, 0.15) is 0 Å². The highest BCUT2D eigenvalue weighted by Crippen LogP contribution is 2.41. The Hall–Kier alpha value is -0.720. The first kappa shape index (κ1) is 18.3. The molecule has 0 amide bonds. The SMILES string of the molecule is C=C(C)CCCC(=C)NCC(C)(C)C(C)(C)CCC. The summed E-state index contributed by atoms with van der Waals surface area (Å²) in [5.74, 6) is 0. The predicted octanol–water partition coefficient (Wildman–Crippen LogP) is 5.69. The van der Waals surface area contributed by atoms with E-state index in [0.29, 0.717) is 5.41 Å². The number of rotatable bonds is 10. The number of hydrogen-bond acceptors (Lipinski definition) is 1. The van der Waals surface area contributed by atoms with Crippen LogP contribution in [0.5, 0.6) is 0 Å². The van der Waals surface area contributed by atoms with E-state index in [1.54, 1.807) is 0 Å². The van der Waals surface area contributed by atoms with Crippen molar-refractivity contribution in [3.05, 3.63) is 24.4 Å². The van der Waals surface area contributed by atoms with Gasteiger partial charge in [-0.2, -0.15) is 0 Å². The number of nitrogens with one attached hydrogen (secondary N) is 1. The van der Waals surface area contributed by atoms with E-state index in [2.05, 4.69) is 60.0 Å². The molecule has 0 aliphatic carbocycles. The molecular weight excluding hydrogens is 230 g/mol. The molecule has 0 aromatic carbocycles. The van der Waals surface area contributed by atoms with Crippen molar-refractivity contribution in [3.63, 3.8) is 0 Å². The fourth-order valence-corrected chi connectivity index (χ4v) is 2.24. The highest BCUT2D eigenvalue weighted by atomic mass is 14.9. The van der Waals surface area contributed by atoms with Crippen LogP contribution in [0.15, 0.2) is 24.4 Å². The minimum atomic E-state index is 0.278. The maximum absolute atomic E-state index is 4.14. The first-order chi connectivity index (χ1) is 8.62. The molecule has 0 rings (SSSR count). The smallest absolute Gasteiger partial charge is 0.0200 e. The molecule has 0 radical (unpaired) electrons. The van der Waals surface area contributed by atoms with E-state index in [-0.39, 0.29) is 5.41 Å². The molecule has 0 aliphatic heterocycles. The van der Waals surface area contributed by atoms with Crippen molar-refractivity contribution in [2.24, 2.45) is 10.8 Å². The van der Waals surface area contributed by atoms with Gasteiger partial charge in [0.05, 0.1) is 0 Å². The molecule has 112 valence electrons. The second kappa shape index (κ2) is 7.77. The highest BCUT2D eigenvalue weighted by Gasteiger charge is 2.35. The molecule has 1 nitrogen and oxygen atoms in total. The lowest BCUT2D eigenvalue weighted by Gasteiger charge is -2.42. The van der Waals surface area contributed by atoms with Gasteiger partial charge in [0.2, 0.25) is 0 Å². The van der Waals surface area contributed by atoms with E-state index in [9.17, 15) is 0 Å². The average molecular weight is 265 g/mol. The molecule has 0 aliphatic rings. The lowest BCUT2D eigenvalue weighted by atomic mass is 9.65. The molecule has 0 unspecified atom stereocenters. The molecule has 0 fully saturated rings. The summed E-state index contributed by atoms with van der Waals surface area (Å²) in [5, 5.41) is 3.54. The van der Waals surface area contributed by atoms with E-state index < -0.39 is 0 Å². The minimum absolute atomic E-state index is 0.278. The van der Waals surface area contributed by atoms with Gasteiger partial charge in [-0.1, -0.05) is 53.2 Å².